The molecule has 0 aliphatic rings. The van der Waals surface area contributed by atoms with Crippen LogP contribution in [-0.4, -0.2) is 46.2 Å². The van der Waals surface area contributed by atoms with Gasteiger partial charge < -0.3 is 20.5 Å². The molecule has 8 heteroatoms. The maximum absolute atomic E-state index is 11.4. The van der Waals surface area contributed by atoms with Crippen molar-refractivity contribution in [2.24, 2.45) is 0 Å². The largest absolute Gasteiger partial charge is 0.444 e. The Morgan fingerprint density at radius 3 is 2.65 bits per heavy atom. The average Bonchev–Trinajstić information content (AvgIpc) is 2.33. The van der Waals surface area contributed by atoms with Gasteiger partial charge in [-0.05, 0) is 32.9 Å². The van der Waals surface area contributed by atoms with Gasteiger partial charge in [-0.3, -0.25) is 0 Å². The highest BCUT2D eigenvalue weighted by Crippen LogP contribution is 2.07. The zero-order chi connectivity index (χ0) is 15.2. The van der Waals surface area contributed by atoms with Crippen LogP contribution in [0.15, 0.2) is 12.1 Å². The number of nitrogens with one attached hydrogen (secondary N) is 2. The highest BCUT2D eigenvalue weighted by Gasteiger charge is 2.16. The number of aliphatic hydroxyl groups is 1. The van der Waals surface area contributed by atoms with Gasteiger partial charge in [-0.2, -0.15) is 0 Å². The van der Waals surface area contributed by atoms with Crippen LogP contribution in [0.1, 0.15) is 20.8 Å². The first-order valence-electron chi connectivity index (χ1n) is 6.14. The molecule has 0 aromatic carbocycles. The van der Waals surface area contributed by atoms with E-state index in [2.05, 4.69) is 20.8 Å². The van der Waals surface area contributed by atoms with Crippen molar-refractivity contribution in [1.82, 2.24) is 15.5 Å². The maximum Gasteiger partial charge on any atom is 0.407 e. The summed E-state index contributed by atoms with van der Waals surface area (Å²) in [6, 6.07) is 3.23. The minimum Gasteiger partial charge on any atom is -0.444 e. The van der Waals surface area contributed by atoms with Gasteiger partial charge in [0.05, 0.1) is 6.10 Å². The minimum absolute atomic E-state index is 0.0724. The van der Waals surface area contributed by atoms with Crippen LogP contribution in [0.3, 0.4) is 0 Å². The summed E-state index contributed by atoms with van der Waals surface area (Å²) in [5.41, 5.74) is -0.563. The summed E-state index contributed by atoms with van der Waals surface area (Å²) in [4.78, 5) is 11.4. The molecule has 0 radical (unpaired) electrons. The number of aromatic nitrogens is 2. The van der Waals surface area contributed by atoms with Gasteiger partial charge in [0.25, 0.3) is 0 Å². The van der Waals surface area contributed by atoms with Gasteiger partial charge in [0.2, 0.25) is 0 Å². The van der Waals surface area contributed by atoms with Crippen LogP contribution in [0.5, 0.6) is 0 Å². The Hall–Kier alpha value is -1.60. The molecule has 1 aromatic rings. The van der Waals surface area contributed by atoms with Crippen molar-refractivity contribution in [2.75, 3.05) is 18.4 Å². The topological polar surface area (TPSA) is 96.4 Å². The first-order chi connectivity index (χ1) is 9.26. The predicted octanol–water partition coefficient (Wildman–Crippen LogP) is 1.43. The van der Waals surface area contributed by atoms with Gasteiger partial charge in [0, 0.05) is 13.1 Å². The van der Waals surface area contributed by atoms with Crippen molar-refractivity contribution < 1.29 is 14.6 Å². The van der Waals surface area contributed by atoms with E-state index in [4.69, 9.17) is 16.3 Å². The Balaban J connectivity index is 2.25. The highest BCUT2D eigenvalue weighted by molar-refractivity contribution is 6.29. The van der Waals surface area contributed by atoms with Gasteiger partial charge in [0.15, 0.2) is 5.15 Å². The molecule has 3 N–H and O–H groups in total. The third-order valence-electron chi connectivity index (χ3n) is 2.03. The van der Waals surface area contributed by atoms with Gasteiger partial charge in [-0.25, -0.2) is 4.79 Å². The predicted molar refractivity (Wildman–Crippen MR) is 75.8 cm³/mol. The monoisotopic (exact) mass is 302 g/mol. The zero-order valence-corrected chi connectivity index (χ0v) is 12.4. The fourth-order valence-corrected chi connectivity index (χ4v) is 1.32. The van der Waals surface area contributed by atoms with Crippen LogP contribution in [0.25, 0.3) is 0 Å². The van der Waals surface area contributed by atoms with Gasteiger partial charge >= 0.3 is 6.09 Å². The summed E-state index contributed by atoms with van der Waals surface area (Å²) in [5.74, 6) is 0.491. The molecule has 1 rings (SSSR count). The van der Waals surface area contributed by atoms with E-state index >= 15 is 0 Å². The van der Waals surface area contributed by atoms with Crippen LogP contribution in [-0.2, 0) is 4.74 Å². The van der Waals surface area contributed by atoms with Crippen molar-refractivity contribution in [3.05, 3.63) is 17.3 Å². The van der Waals surface area contributed by atoms with Crippen LogP contribution in [0, 0.1) is 0 Å². The van der Waals surface area contributed by atoms with E-state index in [1.165, 1.54) is 0 Å². The molecule has 20 heavy (non-hydrogen) atoms. The number of nitrogens with zero attached hydrogens (tertiary/aromatic N) is 2. The molecule has 1 unspecified atom stereocenters. The zero-order valence-electron chi connectivity index (χ0n) is 11.7. The molecule has 0 saturated heterocycles. The molecule has 1 heterocycles. The van der Waals surface area contributed by atoms with Gasteiger partial charge in [0.1, 0.15) is 11.4 Å². The number of carbonyl (C=O) groups is 1. The first kappa shape index (κ1) is 16.5. The SMILES string of the molecule is CC(C)(C)OC(=O)NCC(O)CNc1ccc(Cl)nn1. The second-order valence-corrected chi connectivity index (χ2v) is 5.55. The number of ether oxygens (including phenoxy) is 1. The van der Waals surface area contributed by atoms with E-state index in [-0.39, 0.29) is 13.1 Å². The van der Waals surface area contributed by atoms with Crippen molar-refractivity contribution in [2.45, 2.75) is 32.5 Å². The molecule has 1 atom stereocenters. The number of alkyl carbamates (subject to hydrolysis) is 1. The number of aliphatic hydroxyl groups excluding tert-OH is 1. The molecule has 112 valence electrons. The fourth-order valence-electron chi connectivity index (χ4n) is 1.22. The van der Waals surface area contributed by atoms with Crippen molar-refractivity contribution in [1.29, 1.82) is 0 Å². The number of anilines is 1. The quantitative estimate of drug-likeness (QED) is 0.761. The molecule has 0 aliphatic carbocycles. The second kappa shape index (κ2) is 7.25. The minimum atomic E-state index is -0.778. The molecule has 0 aliphatic heterocycles. The van der Waals surface area contributed by atoms with E-state index < -0.39 is 17.8 Å². The van der Waals surface area contributed by atoms with E-state index in [1.807, 2.05) is 0 Å². The van der Waals surface area contributed by atoms with Crippen molar-refractivity contribution in [3.63, 3.8) is 0 Å². The average molecular weight is 303 g/mol. The lowest BCUT2D eigenvalue weighted by atomic mass is 10.2. The molecule has 7 nitrogen and oxygen atoms in total. The molecular weight excluding hydrogens is 284 g/mol. The summed E-state index contributed by atoms with van der Waals surface area (Å²) < 4.78 is 5.05. The van der Waals surface area contributed by atoms with Crippen molar-refractivity contribution in [3.8, 4) is 0 Å². The summed E-state index contributed by atoms with van der Waals surface area (Å²) in [7, 11) is 0. The molecule has 1 amide bonds. The Kier molecular flexibility index (Phi) is 5.97. The van der Waals surface area contributed by atoms with E-state index in [0.717, 1.165) is 0 Å². The van der Waals surface area contributed by atoms with Crippen LogP contribution < -0.4 is 10.6 Å². The van der Waals surface area contributed by atoms with Gasteiger partial charge in [-0.1, -0.05) is 11.6 Å². The van der Waals surface area contributed by atoms with E-state index in [9.17, 15) is 9.90 Å². The Morgan fingerprint density at radius 2 is 2.10 bits per heavy atom. The third-order valence-corrected chi connectivity index (χ3v) is 2.23. The number of rotatable bonds is 5. The first-order valence-corrected chi connectivity index (χ1v) is 6.52. The van der Waals surface area contributed by atoms with E-state index in [0.29, 0.717) is 11.0 Å². The Labute approximate surface area is 122 Å². The highest BCUT2D eigenvalue weighted by atomic mass is 35.5. The molecule has 0 fully saturated rings. The fraction of sp³-hybridized carbons (Fsp3) is 0.583. The summed E-state index contributed by atoms with van der Waals surface area (Å²) in [6.07, 6.45) is -1.34. The second-order valence-electron chi connectivity index (χ2n) is 5.16. The van der Waals surface area contributed by atoms with Gasteiger partial charge in [-0.15, -0.1) is 10.2 Å². The molecule has 1 aromatic heterocycles. The standard InChI is InChI=1S/C12H19ClN4O3/c1-12(2,3)20-11(19)15-7-8(18)6-14-10-5-4-9(13)16-17-10/h4-5,8,18H,6-7H2,1-3H3,(H,14,17)(H,15,19). The molecule has 0 bridgehead atoms. The summed E-state index contributed by atoms with van der Waals surface area (Å²) in [6.45, 7) is 5.59. The number of hydrogen-bond acceptors (Lipinski definition) is 6. The molecular formula is C12H19ClN4O3. The molecule has 0 spiro atoms. The smallest absolute Gasteiger partial charge is 0.407 e. The number of carbonyl (C=O) groups excluding carboxylic acids is 1. The number of amides is 1. The normalized spacial score (nSPS) is 12.7. The number of hydrogen-bond donors (Lipinski definition) is 3. The summed E-state index contributed by atoms with van der Waals surface area (Å²) in [5, 5.41) is 22.8. The van der Waals surface area contributed by atoms with Crippen molar-refractivity contribution >= 4 is 23.5 Å². The lowest BCUT2D eigenvalue weighted by molar-refractivity contribution is 0.0496. The van der Waals surface area contributed by atoms with Crippen LogP contribution >= 0.6 is 11.6 Å². The van der Waals surface area contributed by atoms with E-state index in [1.54, 1.807) is 32.9 Å². The Bertz CT molecular complexity index is 433. The van der Waals surface area contributed by atoms with Crippen LogP contribution in [0.4, 0.5) is 10.6 Å². The maximum atomic E-state index is 11.4. The number of halogens is 1. The lowest BCUT2D eigenvalue weighted by Gasteiger charge is -2.20. The lowest BCUT2D eigenvalue weighted by Crippen LogP contribution is -2.39. The van der Waals surface area contributed by atoms with Crippen LogP contribution in [0.2, 0.25) is 5.15 Å². The third kappa shape index (κ3) is 7.10. The Morgan fingerprint density at radius 1 is 1.40 bits per heavy atom. The summed E-state index contributed by atoms with van der Waals surface area (Å²) >= 11 is 5.60. The molecule has 0 saturated carbocycles.